The van der Waals surface area contributed by atoms with Crippen molar-refractivity contribution in [3.05, 3.63) is 59.2 Å². The van der Waals surface area contributed by atoms with Crippen LogP contribution in [0.4, 0.5) is 0 Å². The molecule has 0 fully saturated rings. The third-order valence-corrected chi connectivity index (χ3v) is 3.14. The van der Waals surface area contributed by atoms with Gasteiger partial charge in [0, 0.05) is 18.8 Å². The van der Waals surface area contributed by atoms with E-state index in [1.165, 1.54) is 18.1 Å². The first-order chi connectivity index (χ1) is 9.58. The number of hydrogen-bond donors (Lipinski definition) is 2. The van der Waals surface area contributed by atoms with Gasteiger partial charge in [0.1, 0.15) is 11.9 Å². The molecule has 0 aliphatic carbocycles. The Morgan fingerprint density at radius 1 is 1.45 bits per heavy atom. The molecule has 5 heteroatoms. The van der Waals surface area contributed by atoms with Gasteiger partial charge in [0.2, 0.25) is 0 Å². The molecule has 2 N–H and O–H groups in total. The van der Waals surface area contributed by atoms with Crippen LogP contribution in [-0.4, -0.2) is 21.0 Å². The van der Waals surface area contributed by atoms with Crippen molar-refractivity contribution in [1.82, 2.24) is 15.3 Å². The number of benzene rings is 1. The minimum atomic E-state index is -1.01. The molecule has 0 spiro atoms. The lowest BCUT2D eigenvalue weighted by Gasteiger charge is -2.15. The maximum absolute atomic E-state index is 11.1. The van der Waals surface area contributed by atoms with Gasteiger partial charge < -0.3 is 10.4 Å². The Labute approximate surface area is 117 Å². The molecule has 0 saturated heterocycles. The second kappa shape index (κ2) is 6.25. The van der Waals surface area contributed by atoms with E-state index >= 15 is 0 Å². The smallest absolute Gasteiger partial charge is 0.339 e. The van der Waals surface area contributed by atoms with Crippen LogP contribution in [0.2, 0.25) is 0 Å². The monoisotopic (exact) mass is 271 g/mol. The van der Waals surface area contributed by atoms with Crippen molar-refractivity contribution in [2.24, 2.45) is 0 Å². The summed E-state index contributed by atoms with van der Waals surface area (Å²) in [6.45, 7) is 4.47. The molecule has 0 unspecified atom stereocenters. The second-order valence-electron chi connectivity index (χ2n) is 4.70. The lowest BCUT2D eigenvalue weighted by atomic mass is 10.1. The molecular formula is C15H17N3O2. The van der Waals surface area contributed by atoms with E-state index in [1.807, 2.05) is 32.0 Å². The fourth-order valence-electron chi connectivity index (χ4n) is 1.98. The second-order valence-corrected chi connectivity index (χ2v) is 4.70. The molecule has 1 aromatic carbocycles. The number of aromatic carboxylic acids is 1. The van der Waals surface area contributed by atoms with E-state index in [1.54, 1.807) is 0 Å². The highest BCUT2D eigenvalue weighted by atomic mass is 16.4. The van der Waals surface area contributed by atoms with Crippen LogP contribution in [0.15, 0.2) is 36.8 Å². The summed E-state index contributed by atoms with van der Waals surface area (Å²) in [5, 5.41) is 12.4. The molecular weight excluding hydrogens is 254 g/mol. The highest BCUT2D eigenvalue weighted by Gasteiger charge is 2.12. The zero-order valence-electron chi connectivity index (χ0n) is 11.5. The minimum Gasteiger partial charge on any atom is -0.478 e. The van der Waals surface area contributed by atoms with Crippen LogP contribution >= 0.6 is 0 Å². The number of rotatable bonds is 5. The number of carboxylic acids is 1. The van der Waals surface area contributed by atoms with Gasteiger partial charge in [0.25, 0.3) is 0 Å². The van der Waals surface area contributed by atoms with Crippen molar-refractivity contribution in [1.29, 1.82) is 0 Å². The standard InChI is InChI=1S/C15H17N3O2/c1-10-4-3-5-12(6-10)11(2)17-8-14-13(15(19)20)7-16-9-18-14/h3-7,9,11,17H,8H2,1-2H3,(H,19,20)/t11-/m0/s1. The Balaban J connectivity index is 2.07. The van der Waals surface area contributed by atoms with Crippen molar-refractivity contribution in [3.8, 4) is 0 Å². The zero-order valence-corrected chi connectivity index (χ0v) is 11.5. The molecule has 0 radical (unpaired) electrons. The Bertz CT molecular complexity index is 614. The van der Waals surface area contributed by atoms with Gasteiger partial charge in [-0.3, -0.25) is 0 Å². The SMILES string of the molecule is Cc1cccc([C@H](C)NCc2ncncc2C(=O)O)c1. The quantitative estimate of drug-likeness (QED) is 0.873. The molecule has 1 atom stereocenters. The summed E-state index contributed by atoms with van der Waals surface area (Å²) in [7, 11) is 0. The van der Waals surface area contributed by atoms with Gasteiger partial charge in [-0.15, -0.1) is 0 Å². The van der Waals surface area contributed by atoms with Crippen LogP contribution in [0.1, 0.15) is 40.1 Å². The van der Waals surface area contributed by atoms with Gasteiger partial charge in [-0.2, -0.15) is 0 Å². The summed E-state index contributed by atoms with van der Waals surface area (Å²) in [5.41, 5.74) is 2.99. The summed E-state index contributed by atoms with van der Waals surface area (Å²) in [6.07, 6.45) is 2.68. The van der Waals surface area contributed by atoms with Gasteiger partial charge in [-0.05, 0) is 19.4 Å². The molecule has 1 heterocycles. The minimum absolute atomic E-state index is 0.117. The molecule has 0 amide bonds. The van der Waals surface area contributed by atoms with Gasteiger partial charge in [-0.1, -0.05) is 29.8 Å². The summed E-state index contributed by atoms with van der Waals surface area (Å²) in [5.74, 6) is -1.01. The third kappa shape index (κ3) is 3.39. The van der Waals surface area contributed by atoms with Crippen LogP contribution in [0.3, 0.4) is 0 Å². The van der Waals surface area contributed by atoms with Crippen LogP contribution in [0, 0.1) is 6.92 Å². The van der Waals surface area contributed by atoms with E-state index in [9.17, 15) is 4.79 Å². The van der Waals surface area contributed by atoms with Crippen LogP contribution < -0.4 is 5.32 Å². The van der Waals surface area contributed by atoms with Crippen LogP contribution in [-0.2, 0) is 6.54 Å². The maximum atomic E-state index is 11.1. The highest BCUT2D eigenvalue weighted by Crippen LogP contribution is 2.14. The molecule has 0 bridgehead atoms. The zero-order chi connectivity index (χ0) is 14.5. The first kappa shape index (κ1) is 14.1. The maximum Gasteiger partial charge on any atom is 0.339 e. The first-order valence-electron chi connectivity index (χ1n) is 6.40. The topological polar surface area (TPSA) is 75.1 Å². The summed E-state index contributed by atoms with van der Waals surface area (Å²) in [6, 6.07) is 8.32. The molecule has 2 aromatic rings. The molecule has 0 aliphatic heterocycles. The van der Waals surface area contributed by atoms with Crippen LogP contribution in [0.5, 0.6) is 0 Å². The highest BCUT2D eigenvalue weighted by molar-refractivity contribution is 5.88. The lowest BCUT2D eigenvalue weighted by molar-refractivity contribution is 0.0694. The Kier molecular flexibility index (Phi) is 4.42. The van der Waals surface area contributed by atoms with Crippen molar-refractivity contribution in [3.63, 3.8) is 0 Å². The first-order valence-corrected chi connectivity index (χ1v) is 6.40. The van der Waals surface area contributed by atoms with Gasteiger partial charge >= 0.3 is 5.97 Å². The van der Waals surface area contributed by atoms with E-state index in [0.29, 0.717) is 12.2 Å². The normalized spacial score (nSPS) is 12.1. The molecule has 20 heavy (non-hydrogen) atoms. The number of nitrogens with zero attached hydrogens (tertiary/aromatic N) is 2. The van der Waals surface area contributed by atoms with Crippen molar-refractivity contribution in [2.75, 3.05) is 0 Å². The van der Waals surface area contributed by atoms with Crippen molar-refractivity contribution >= 4 is 5.97 Å². The Morgan fingerprint density at radius 2 is 2.25 bits per heavy atom. The van der Waals surface area contributed by atoms with E-state index in [-0.39, 0.29) is 11.6 Å². The molecule has 104 valence electrons. The van der Waals surface area contributed by atoms with Gasteiger partial charge in [0.05, 0.1) is 5.69 Å². The number of carbonyl (C=O) groups is 1. The Hall–Kier alpha value is -2.27. The average molecular weight is 271 g/mol. The molecule has 0 aliphatic rings. The third-order valence-electron chi connectivity index (χ3n) is 3.14. The van der Waals surface area contributed by atoms with Gasteiger partial charge in [-0.25, -0.2) is 14.8 Å². The number of carboxylic acid groups (broad SMARTS) is 1. The number of hydrogen-bond acceptors (Lipinski definition) is 4. The Morgan fingerprint density at radius 3 is 2.95 bits per heavy atom. The van der Waals surface area contributed by atoms with Crippen LogP contribution in [0.25, 0.3) is 0 Å². The van der Waals surface area contributed by atoms with E-state index in [2.05, 4.69) is 21.4 Å². The fraction of sp³-hybridized carbons (Fsp3) is 0.267. The van der Waals surface area contributed by atoms with Crippen molar-refractivity contribution < 1.29 is 9.90 Å². The molecule has 2 rings (SSSR count). The molecule has 5 nitrogen and oxygen atoms in total. The number of aryl methyl sites for hydroxylation is 1. The summed E-state index contributed by atoms with van der Waals surface area (Å²) >= 11 is 0. The number of aromatic nitrogens is 2. The van der Waals surface area contributed by atoms with Gasteiger partial charge in [0.15, 0.2) is 0 Å². The van der Waals surface area contributed by atoms with Crippen molar-refractivity contribution in [2.45, 2.75) is 26.4 Å². The predicted molar refractivity (Wildman–Crippen MR) is 75.4 cm³/mol. The largest absolute Gasteiger partial charge is 0.478 e. The van der Waals surface area contributed by atoms with E-state index in [0.717, 1.165) is 5.56 Å². The van der Waals surface area contributed by atoms with E-state index in [4.69, 9.17) is 5.11 Å². The average Bonchev–Trinajstić information content (AvgIpc) is 2.45. The lowest BCUT2D eigenvalue weighted by Crippen LogP contribution is -2.21. The summed E-state index contributed by atoms with van der Waals surface area (Å²) in [4.78, 5) is 18.8. The summed E-state index contributed by atoms with van der Waals surface area (Å²) < 4.78 is 0. The molecule has 1 aromatic heterocycles. The molecule has 0 saturated carbocycles. The predicted octanol–water partition coefficient (Wildman–Crippen LogP) is 2.33. The van der Waals surface area contributed by atoms with E-state index < -0.39 is 5.97 Å². The number of nitrogens with one attached hydrogen (secondary N) is 1. The fourth-order valence-corrected chi connectivity index (χ4v) is 1.98.